The minimum Gasteiger partial charge on any atom is -0.491 e. The van der Waals surface area contributed by atoms with E-state index in [0.29, 0.717) is 57.2 Å². The van der Waals surface area contributed by atoms with Gasteiger partial charge in [0.2, 0.25) is 0 Å². The van der Waals surface area contributed by atoms with Crippen LogP contribution in [0.25, 0.3) is 0 Å². The lowest BCUT2D eigenvalue weighted by Crippen LogP contribution is -2.27. The van der Waals surface area contributed by atoms with E-state index >= 15 is 0 Å². The number of carboxylic acid groups (broad SMARTS) is 1. The topological polar surface area (TPSA) is 59.0 Å². The van der Waals surface area contributed by atoms with Gasteiger partial charge in [-0.2, -0.15) is 0 Å². The van der Waals surface area contributed by atoms with Gasteiger partial charge in [0.25, 0.3) is 0 Å². The lowest BCUT2D eigenvalue weighted by molar-refractivity contribution is 0.0695. The predicted molar refractivity (Wildman–Crippen MR) is 119 cm³/mol. The second-order valence-corrected chi connectivity index (χ2v) is 8.07. The molecule has 5 nitrogen and oxygen atoms in total. The maximum atomic E-state index is 13.7. The van der Waals surface area contributed by atoms with Crippen molar-refractivity contribution in [2.75, 3.05) is 26.4 Å². The van der Waals surface area contributed by atoms with E-state index in [-0.39, 0.29) is 5.56 Å². The Morgan fingerprint density at radius 1 is 0.939 bits per heavy atom. The van der Waals surface area contributed by atoms with Crippen molar-refractivity contribution < 1.29 is 28.2 Å². The summed E-state index contributed by atoms with van der Waals surface area (Å²) in [6.07, 6.45) is 0.514. The van der Waals surface area contributed by atoms with Crippen molar-refractivity contribution in [1.29, 1.82) is 0 Å². The average Bonchev–Trinajstić information content (AvgIpc) is 2.75. The van der Waals surface area contributed by atoms with Crippen LogP contribution in [0.4, 0.5) is 8.78 Å². The van der Waals surface area contributed by atoms with Gasteiger partial charge in [-0.3, -0.25) is 4.90 Å². The van der Waals surface area contributed by atoms with Gasteiger partial charge in [-0.1, -0.05) is 24.3 Å². The van der Waals surface area contributed by atoms with Crippen molar-refractivity contribution in [3.63, 3.8) is 0 Å². The number of halogens is 2. The molecule has 172 valence electrons. The Balaban J connectivity index is 1.60. The molecule has 0 saturated carbocycles. The lowest BCUT2D eigenvalue weighted by Gasteiger charge is -2.23. The third-order valence-electron chi connectivity index (χ3n) is 5.47. The summed E-state index contributed by atoms with van der Waals surface area (Å²) in [6, 6.07) is 16.4. The van der Waals surface area contributed by atoms with Crippen LogP contribution in [-0.2, 0) is 24.2 Å². The van der Waals surface area contributed by atoms with E-state index in [2.05, 4.69) is 11.0 Å². The molecular weight excluding hydrogens is 428 g/mol. The fourth-order valence-corrected chi connectivity index (χ4v) is 3.99. The fraction of sp³-hybridized carbons (Fsp3) is 0.269. The van der Waals surface area contributed by atoms with Gasteiger partial charge < -0.3 is 14.6 Å². The second-order valence-electron chi connectivity index (χ2n) is 8.07. The molecule has 4 rings (SSSR count). The minimum atomic E-state index is -0.987. The summed E-state index contributed by atoms with van der Waals surface area (Å²) in [5.41, 5.74) is 3.61. The van der Waals surface area contributed by atoms with Gasteiger partial charge >= 0.3 is 5.97 Å². The summed E-state index contributed by atoms with van der Waals surface area (Å²) in [5, 5.41) is 9.37. The van der Waals surface area contributed by atoms with Crippen LogP contribution < -0.4 is 4.74 Å². The molecule has 1 aliphatic heterocycles. The van der Waals surface area contributed by atoms with E-state index in [1.807, 2.05) is 18.2 Å². The summed E-state index contributed by atoms with van der Waals surface area (Å²) in [4.78, 5) is 13.5. The first-order valence-corrected chi connectivity index (χ1v) is 10.8. The maximum absolute atomic E-state index is 13.7. The number of nitrogens with zero attached hydrogens (tertiary/aromatic N) is 1. The molecule has 0 radical (unpaired) electrons. The number of fused-ring (bicyclic) bond motifs is 3. The highest BCUT2D eigenvalue weighted by Crippen LogP contribution is 2.25. The Bertz CT molecular complexity index is 1110. The van der Waals surface area contributed by atoms with Crippen molar-refractivity contribution >= 4 is 5.97 Å². The smallest absolute Gasteiger partial charge is 0.335 e. The monoisotopic (exact) mass is 453 g/mol. The van der Waals surface area contributed by atoms with Gasteiger partial charge in [0.05, 0.1) is 18.8 Å². The van der Waals surface area contributed by atoms with Crippen LogP contribution in [0.15, 0.2) is 60.7 Å². The first-order valence-electron chi connectivity index (χ1n) is 10.8. The molecule has 3 aromatic rings. The number of aromatic carboxylic acids is 1. The van der Waals surface area contributed by atoms with Gasteiger partial charge in [0, 0.05) is 32.1 Å². The Labute approximate surface area is 191 Å². The molecule has 0 saturated heterocycles. The number of rotatable bonds is 3. The first kappa shape index (κ1) is 22.9. The number of ether oxygens (including phenoxy) is 2. The lowest BCUT2D eigenvalue weighted by atomic mass is 10.00. The highest BCUT2D eigenvalue weighted by Gasteiger charge is 2.14. The standard InChI is InChI=1S/C26H25F2NO4/c27-23-12-20(13-24(28)15-23)17-29-6-7-32-8-9-33-25-5-4-21(26(30)31)14-22(25)11-18-2-1-3-19(10-18)16-29/h1-5,10,12-15H,6-9,11,16-17H2,(H,30,31). The molecule has 0 unspecified atom stereocenters. The molecule has 0 amide bonds. The quantitative estimate of drug-likeness (QED) is 0.625. The predicted octanol–water partition coefficient (Wildman–Crippen LogP) is 4.67. The molecule has 7 heteroatoms. The van der Waals surface area contributed by atoms with Crippen molar-refractivity contribution in [2.24, 2.45) is 0 Å². The van der Waals surface area contributed by atoms with Crippen LogP contribution in [0.3, 0.4) is 0 Å². The van der Waals surface area contributed by atoms with E-state index in [4.69, 9.17) is 9.47 Å². The average molecular weight is 453 g/mol. The zero-order valence-corrected chi connectivity index (χ0v) is 18.1. The Morgan fingerprint density at radius 2 is 1.73 bits per heavy atom. The number of carboxylic acids is 1. The van der Waals surface area contributed by atoms with E-state index in [1.165, 1.54) is 18.2 Å². The molecule has 1 N–H and O–H groups in total. The van der Waals surface area contributed by atoms with Gasteiger partial charge in [0.15, 0.2) is 0 Å². The van der Waals surface area contributed by atoms with E-state index in [0.717, 1.165) is 22.8 Å². The van der Waals surface area contributed by atoms with Gasteiger partial charge in [-0.25, -0.2) is 13.6 Å². The van der Waals surface area contributed by atoms with Crippen LogP contribution in [0.2, 0.25) is 0 Å². The molecule has 2 bridgehead atoms. The molecule has 0 aliphatic carbocycles. The summed E-state index contributed by atoms with van der Waals surface area (Å²) in [6.45, 7) is 2.67. The Hall–Kier alpha value is -3.29. The molecule has 0 fully saturated rings. The van der Waals surface area contributed by atoms with Crippen molar-refractivity contribution in [3.05, 3.63) is 100 Å². The highest BCUT2D eigenvalue weighted by molar-refractivity contribution is 5.88. The van der Waals surface area contributed by atoms with Crippen LogP contribution >= 0.6 is 0 Å². The number of hydrogen-bond acceptors (Lipinski definition) is 4. The summed E-state index contributed by atoms with van der Waals surface area (Å²) < 4.78 is 38.9. The van der Waals surface area contributed by atoms with Crippen molar-refractivity contribution in [1.82, 2.24) is 4.90 Å². The first-order chi connectivity index (χ1) is 16.0. The molecule has 1 aliphatic rings. The normalized spacial score (nSPS) is 15.2. The zero-order valence-electron chi connectivity index (χ0n) is 18.1. The largest absolute Gasteiger partial charge is 0.491 e. The van der Waals surface area contributed by atoms with Crippen molar-refractivity contribution in [2.45, 2.75) is 19.5 Å². The molecule has 3 aromatic carbocycles. The molecule has 1 heterocycles. The van der Waals surface area contributed by atoms with E-state index in [9.17, 15) is 18.7 Å². The zero-order chi connectivity index (χ0) is 23.2. The van der Waals surface area contributed by atoms with Crippen LogP contribution in [0, 0.1) is 11.6 Å². The fourth-order valence-electron chi connectivity index (χ4n) is 3.99. The molecular formula is C26H25F2NO4. The van der Waals surface area contributed by atoms with Gasteiger partial charge in [0.1, 0.15) is 24.0 Å². The molecule has 0 spiro atoms. The highest BCUT2D eigenvalue weighted by atomic mass is 19.1. The van der Waals surface area contributed by atoms with Crippen LogP contribution in [-0.4, -0.2) is 42.3 Å². The van der Waals surface area contributed by atoms with Gasteiger partial charge in [-0.05, 0) is 52.6 Å². The van der Waals surface area contributed by atoms with E-state index in [1.54, 1.807) is 12.1 Å². The van der Waals surface area contributed by atoms with Crippen molar-refractivity contribution in [3.8, 4) is 5.75 Å². The SMILES string of the molecule is O=C(O)c1ccc2c(c1)Cc1cccc(c1)CN(Cc1cc(F)cc(F)c1)CCOCCO2. The summed E-state index contributed by atoms with van der Waals surface area (Å²) in [7, 11) is 0. The molecule has 33 heavy (non-hydrogen) atoms. The minimum absolute atomic E-state index is 0.208. The molecule has 0 aromatic heterocycles. The third kappa shape index (κ3) is 6.37. The Morgan fingerprint density at radius 3 is 2.52 bits per heavy atom. The third-order valence-corrected chi connectivity index (χ3v) is 5.47. The Kier molecular flexibility index (Phi) is 7.32. The molecule has 0 atom stereocenters. The van der Waals surface area contributed by atoms with Crippen LogP contribution in [0.1, 0.15) is 32.6 Å². The summed E-state index contributed by atoms with van der Waals surface area (Å²) in [5.74, 6) is -1.54. The number of carbonyl (C=O) groups is 1. The second kappa shape index (κ2) is 10.6. The number of hydrogen-bond donors (Lipinski definition) is 1. The number of benzene rings is 3. The van der Waals surface area contributed by atoms with E-state index < -0.39 is 17.6 Å². The maximum Gasteiger partial charge on any atom is 0.335 e. The van der Waals surface area contributed by atoms with Crippen LogP contribution in [0.5, 0.6) is 5.75 Å². The summed E-state index contributed by atoms with van der Waals surface area (Å²) >= 11 is 0. The van der Waals surface area contributed by atoms with Gasteiger partial charge in [-0.15, -0.1) is 0 Å².